The number of rotatable bonds is 33. The number of nitrogen functional groups attached to an aromatic ring is 3. The first-order valence-corrected chi connectivity index (χ1v) is 41.8. The van der Waals surface area contributed by atoms with Crippen LogP contribution in [0, 0.1) is 76.3 Å². The van der Waals surface area contributed by atoms with E-state index >= 15 is 0 Å². The van der Waals surface area contributed by atoms with E-state index in [-0.39, 0.29) is 90.8 Å². The molecule has 0 saturated heterocycles. The van der Waals surface area contributed by atoms with Gasteiger partial charge in [0.25, 0.3) is 0 Å². The van der Waals surface area contributed by atoms with Gasteiger partial charge in [0.05, 0.1) is 80.5 Å². The number of phenolic OH excluding ortho intramolecular Hbond substituents is 1. The van der Waals surface area contributed by atoms with Gasteiger partial charge in [-0.15, -0.1) is 55.8 Å². The fraction of sp³-hybridized carbons (Fsp3) is 0.289. The summed E-state index contributed by atoms with van der Waals surface area (Å²) in [5.41, 5.74) is 65.8. The monoisotopic (exact) mass is 2130 g/mol. The van der Waals surface area contributed by atoms with Crippen LogP contribution >= 0.6 is 91.8 Å². The number of nitrogens with one attached hydrogen (secondary N) is 2. The minimum atomic E-state index is -2.40. The molecule has 0 aliphatic carbocycles. The third-order valence-corrected chi connectivity index (χ3v) is 13.9. The van der Waals surface area contributed by atoms with E-state index in [0.29, 0.717) is 68.3 Å². The number of anilines is 3. The third-order valence-electron chi connectivity index (χ3n) is 12.5. The van der Waals surface area contributed by atoms with Crippen molar-refractivity contribution in [3.8, 4) is 70.7 Å². The molecule has 0 aromatic heterocycles. The molecule has 41 nitrogen and oxygen atoms in total. The molecule has 0 amide bonds. The van der Waals surface area contributed by atoms with Crippen LogP contribution in [0.1, 0.15) is 61.9 Å². The SMILES string of the molecule is C#CCOc1ccc(C)cc1.C#CCOc1ccc(N)cc1.C=CC(C)C/C=C/OCCBr.CC(=O)CCl.CC(=O)COc1ccc(C)cc1.CC(=O)COc1ccc(N)cc1.Cc1ccc(O)cc1.Cc1ccc(OCCBr)cc1.Cc1ccc(OCCN=[N+]=[N-])cc1.Cl.Cl.N=NN=NCl.N=NN=NCl.O=S.O=S(O)N=N/N=N/OO.[N-]=[N+]=NCCOc1ccc(N)cc1.[N-]=[N+]=[N-].[Na+]. The summed E-state index contributed by atoms with van der Waals surface area (Å²) in [5.74, 6) is 11.3. The van der Waals surface area contributed by atoms with E-state index in [9.17, 15) is 18.6 Å². The Balaban J connectivity index is -0.000000156. The predicted octanol–water partition coefficient (Wildman–Crippen LogP) is 21.3. The summed E-state index contributed by atoms with van der Waals surface area (Å²) in [6.07, 6.45) is 16.8. The molecule has 0 saturated carbocycles. The number of alkyl halides is 3. The Bertz CT molecular complexity index is 4450. The van der Waals surface area contributed by atoms with Gasteiger partial charge in [0.2, 0.25) is 0 Å². The van der Waals surface area contributed by atoms with Gasteiger partial charge >= 0.3 is 40.8 Å². The number of terminal acetylenes is 2. The number of phenols is 1. The van der Waals surface area contributed by atoms with Crippen molar-refractivity contribution in [3.05, 3.63) is 284 Å². The zero-order valence-corrected chi connectivity index (χ0v) is 85.6. The van der Waals surface area contributed by atoms with E-state index in [0.717, 1.165) is 70.5 Å². The molecule has 11 N–H and O–H groups in total. The Morgan fingerprint density at radius 3 is 1.04 bits per heavy atom. The third kappa shape index (κ3) is 112. The molecule has 0 aliphatic heterocycles. The van der Waals surface area contributed by atoms with Crippen molar-refractivity contribution in [2.45, 2.75) is 68.7 Å². The van der Waals surface area contributed by atoms with Crippen LogP contribution in [-0.2, 0) is 47.9 Å². The molecular formula is C83H108Br2Cl5N24NaO17S2. The van der Waals surface area contributed by atoms with Gasteiger partial charge in [-0.3, -0.25) is 23.8 Å². The second-order valence-corrected chi connectivity index (χ2v) is 26.2. The number of benzene rings is 8. The fourth-order valence-electron chi connectivity index (χ4n) is 6.71. The molecule has 0 bridgehead atoms. The number of halogens is 7. The van der Waals surface area contributed by atoms with Gasteiger partial charge in [-0.05, 0) is 249 Å². The van der Waals surface area contributed by atoms with Crippen LogP contribution in [0.4, 0.5) is 17.1 Å². The maximum atomic E-state index is 10.6. The number of carbonyl (C=O) groups is 3. The molecule has 724 valence electrons. The van der Waals surface area contributed by atoms with E-state index in [2.05, 4.69) is 176 Å². The first-order valence-electron chi connectivity index (χ1n) is 36.9. The number of hydrogen-bond donors (Lipinski definition) is 8. The van der Waals surface area contributed by atoms with Gasteiger partial charge in [0, 0.05) is 42.8 Å². The van der Waals surface area contributed by atoms with Crippen molar-refractivity contribution in [2.75, 3.05) is 99.7 Å². The number of nitrogens with zero attached hydrogens (tertiary/aromatic N) is 19. The molecule has 8 aromatic rings. The summed E-state index contributed by atoms with van der Waals surface area (Å²) in [6, 6.07) is 59.4. The topological polar surface area (TPSA) is 635 Å². The Morgan fingerprint density at radius 1 is 0.530 bits per heavy atom. The van der Waals surface area contributed by atoms with Crippen molar-refractivity contribution in [1.82, 2.24) is 0 Å². The number of carbonyl (C=O) groups excluding carboxylic acids is 3. The number of azide groups is 2. The van der Waals surface area contributed by atoms with Crippen LogP contribution in [0.25, 0.3) is 36.9 Å². The molecule has 0 aliphatic rings. The number of allylic oxidation sites excluding steroid dienone is 2. The molecule has 0 spiro atoms. The van der Waals surface area contributed by atoms with Gasteiger partial charge in [-0.25, -0.2) is 9.20 Å². The van der Waals surface area contributed by atoms with E-state index < -0.39 is 11.3 Å². The summed E-state index contributed by atoms with van der Waals surface area (Å²) in [5, 5.41) is 42.4. The molecule has 2 unspecified atom stereocenters. The summed E-state index contributed by atoms with van der Waals surface area (Å²) in [6.45, 7) is 24.2. The largest absolute Gasteiger partial charge is 1.00 e. The molecule has 0 radical (unpaired) electrons. The Kier molecular flexibility index (Phi) is 116. The van der Waals surface area contributed by atoms with Crippen LogP contribution in [0.3, 0.4) is 0 Å². The van der Waals surface area contributed by atoms with Gasteiger partial charge < -0.3 is 71.3 Å². The second-order valence-electron chi connectivity index (χ2n) is 23.4. The standard InChI is InChI=1S/C10H12O2.C10H10O.C9H11BrO.C9H15BrO.C9H11N3O.C9H11NO2.C9H9NO.C8H10N4O.C7H8O.C3H5ClO.2ClHN4.2ClH.H2N4O4S.N3.Na.OS/c1-8-3-5-10(6-4-8)12-7-9(2)11;1-3-8-11-10-6-4-9(2)5-7-10;1-8-2-4-9(5-3-8)11-7-6-10;1-3-9(2)5-4-7-11-8-6-10;1-8-2-4-9(5-3-8)13-7-6-11-12-10;1-7(11)6-12-9-4-2-8(10)3-5-9;1-2-7-11-9-5-3-8(10)4-6-9;9-7-1-3-8(4-2-7)13-6-5-11-12-10;1-6-2-4-7(8)5-3-6;1-3(5)2-4;2*1-3-5-4-2;;;5-8-3-1-2-4-9(6)7;1-3-2;;1-2/h3-6H,7H2,1-2H3;1,4-7H,8H2,2H3;2-5H,6-7H2,1H3;3-4,7,9H,1,5-6,8H2,2H3;2-5H,6-7H2,1H3;2-5H,6,10H2,1H3;1,3-6H,7,10H2;1-4H,5-6,9H2;2-5,8H,1H3;2H2,1H3;2*2H;2*1H;5H,(H,6,7);;;/q;;;;;;;;;;;;;;;-1;+1;/b;;;7-4+;;;;;;;;;;;3-1+,4-2?;;;. The minimum absolute atomic E-state index is 0. The fourth-order valence-corrected chi connectivity index (χ4v) is 7.22. The average Bonchev–Trinajstić information content (AvgIpc) is 0.918. The van der Waals surface area contributed by atoms with Crippen LogP contribution in [0.5, 0.6) is 46.0 Å². The summed E-state index contributed by atoms with van der Waals surface area (Å²) in [7, 11) is 0. The molecule has 134 heavy (non-hydrogen) atoms. The Labute approximate surface area is 853 Å². The van der Waals surface area contributed by atoms with Crippen molar-refractivity contribution in [3.63, 3.8) is 0 Å². The normalized spacial score (nSPS) is 9.33. The molecular weight excluding hydrogens is 2030 g/mol. The molecule has 0 fully saturated rings. The summed E-state index contributed by atoms with van der Waals surface area (Å²) < 4.78 is 74.7. The van der Waals surface area contributed by atoms with Crippen molar-refractivity contribution < 1.29 is 110 Å². The van der Waals surface area contributed by atoms with Crippen LogP contribution in [0.15, 0.2) is 280 Å². The zero-order valence-electron chi connectivity index (χ0n) is 74.9. The first kappa shape index (κ1) is 142. The maximum Gasteiger partial charge on any atom is 1.00 e. The number of ketones is 3. The number of ether oxygens (including phenoxy) is 8. The number of aromatic hydroxyl groups is 1. The van der Waals surface area contributed by atoms with Crippen LogP contribution in [0.2, 0.25) is 0 Å². The van der Waals surface area contributed by atoms with Crippen molar-refractivity contribution in [2.24, 2.45) is 66.5 Å². The van der Waals surface area contributed by atoms with Gasteiger partial charge in [0.15, 0.2) is 24.1 Å². The van der Waals surface area contributed by atoms with Gasteiger partial charge in [-0.1, -0.05) is 165 Å². The van der Waals surface area contributed by atoms with E-state index in [1.54, 1.807) is 91.2 Å². The van der Waals surface area contributed by atoms with Crippen LogP contribution < -0.4 is 79.9 Å². The number of nitrogens with two attached hydrogens (primary N) is 3. The minimum Gasteiger partial charge on any atom is -0.508 e. The molecule has 2 atom stereocenters. The molecule has 51 heteroatoms. The average molecular weight is 2140 g/mol. The van der Waals surface area contributed by atoms with E-state index in [1.807, 2.05) is 149 Å². The van der Waals surface area contributed by atoms with Crippen molar-refractivity contribution >= 4 is 150 Å². The summed E-state index contributed by atoms with van der Waals surface area (Å²) in [4.78, 5) is 40.6. The van der Waals surface area contributed by atoms with Crippen LogP contribution in [-0.4, -0.2) is 123 Å². The van der Waals surface area contributed by atoms with Gasteiger partial charge in [0.1, 0.15) is 78.2 Å². The first-order chi connectivity index (χ1) is 62.9. The van der Waals surface area contributed by atoms with E-state index in [4.69, 9.17) is 132 Å². The number of Topliss-reactive ketones (excluding diaryl/α,β-unsaturated/α-hetero) is 3. The number of hydrogen-bond acceptors (Lipinski definition) is 27. The molecule has 0 heterocycles. The maximum absolute atomic E-state index is 10.6. The van der Waals surface area contributed by atoms with Gasteiger partial charge in [-0.2, -0.15) is 20.5 Å². The zero-order chi connectivity index (χ0) is 100. The second kappa shape index (κ2) is 110. The van der Waals surface area contributed by atoms with E-state index in [1.165, 1.54) is 53.5 Å². The number of aryl methyl sites for hydroxylation is 5. The smallest absolute Gasteiger partial charge is 0.508 e. The summed E-state index contributed by atoms with van der Waals surface area (Å²) >= 11 is 21.1. The van der Waals surface area contributed by atoms with Crippen molar-refractivity contribution in [1.29, 1.82) is 11.1 Å². The quantitative estimate of drug-likeness (QED) is 0.00151. The molecule has 8 aromatic carbocycles. The molecule has 8 rings (SSSR count). The predicted molar refractivity (Wildman–Crippen MR) is 532 cm³/mol. The Morgan fingerprint density at radius 2 is 0.813 bits per heavy atom. The Hall–Kier alpha value is -12.2.